The summed E-state index contributed by atoms with van der Waals surface area (Å²) in [5.74, 6) is -0.0959. The van der Waals surface area contributed by atoms with Gasteiger partial charge in [-0.25, -0.2) is 0 Å². The Morgan fingerprint density at radius 1 is 0.950 bits per heavy atom. The summed E-state index contributed by atoms with van der Waals surface area (Å²) in [6, 6.07) is 0. The first-order valence-corrected chi connectivity index (χ1v) is 8.29. The Bertz CT molecular complexity index is 238. The lowest BCUT2D eigenvalue weighted by Gasteiger charge is -2.10. The van der Waals surface area contributed by atoms with Crippen molar-refractivity contribution in [3.63, 3.8) is 0 Å². The summed E-state index contributed by atoms with van der Waals surface area (Å²) >= 11 is 0. The number of aldehydes is 1. The molecule has 0 heterocycles. The first kappa shape index (κ1) is 19.1. The van der Waals surface area contributed by atoms with E-state index in [0.29, 0.717) is 6.61 Å². The Balaban J connectivity index is 3.36. The van der Waals surface area contributed by atoms with Gasteiger partial charge in [0.1, 0.15) is 6.29 Å². The molecule has 0 aromatic carbocycles. The van der Waals surface area contributed by atoms with E-state index in [-0.39, 0.29) is 11.9 Å². The molecule has 0 saturated heterocycles. The van der Waals surface area contributed by atoms with Crippen molar-refractivity contribution in [1.29, 1.82) is 0 Å². The average Bonchev–Trinajstić information content (AvgIpc) is 2.43. The number of hydrogen-bond donors (Lipinski definition) is 0. The third-order valence-corrected chi connectivity index (χ3v) is 3.65. The second-order valence-corrected chi connectivity index (χ2v) is 5.64. The lowest BCUT2D eigenvalue weighted by atomic mass is 9.97. The molecule has 118 valence electrons. The van der Waals surface area contributed by atoms with Crippen LogP contribution in [0, 0.1) is 5.92 Å². The molecule has 3 nitrogen and oxygen atoms in total. The van der Waals surface area contributed by atoms with Gasteiger partial charge in [0, 0.05) is 12.8 Å². The summed E-state index contributed by atoms with van der Waals surface area (Å²) in [4.78, 5) is 21.6. The number of carbonyl (C=O) groups excluding carboxylic acids is 2. The molecule has 0 saturated carbocycles. The molecule has 0 aromatic heterocycles. The number of ether oxygens (including phenoxy) is 1. The zero-order chi connectivity index (χ0) is 15.1. The number of carbonyl (C=O) groups is 2. The van der Waals surface area contributed by atoms with E-state index >= 15 is 0 Å². The van der Waals surface area contributed by atoms with Crippen LogP contribution in [0.1, 0.15) is 84.5 Å². The van der Waals surface area contributed by atoms with Crippen molar-refractivity contribution in [1.82, 2.24) is 0 Å². The molecule has 0 bridgehead atoms. The normalized spacial score (nSPS) is 12.1. The summed E-state index contributed by atoms with van der Waals surface area (Å²) < 4.78 is 4.87. The van der Waals surface area contributed by atoms with Crippen LogP contribution in [0.4, 0.5) is 0 Å². The lowest BCUT2D eigenvalue weighted by molar-refractivity contribution is -0.141. The molecule has 0 amide bonds. The average molecular weight is 284 g/mol. The van der Waals surface area contributed by atoms with E-state index in [1.54, 1.807) is 0 Å². The SMILES string of the molecule is CCCCCCCCCCC(C=O)CCCOC(C)=O. The van der Waals surface area contributed by atoms with Gasteiger partial charge in [0.2, 0.25) is 0 Å². The van der Waals surface area contributed by atoms with Gasteiger partial charge in [-0.3, -0.25) is 4.79 Å². The molecule has 0 aliphatic rings. The Morgan fingerprint density at radius 3 is 2.05 bits per heavy atom. The fourth-order valence-electron chi connectivity index (χ4n) is 2.38. The van der Waals surface area contributed by atoms with Crippen molar-refractivity contribution in [3.8, 4) is 0 Å². The maximum absolute atomic E-state index is 11.0. The van der Waals surface area contributed by atoms with Crippen LogP contribution in [0.3, 0.4) is 0 Å². The number of hydrogen-bond acceptors (Lipinski definition) is 3. The van der Waals surface area contributed by atoms with Crippen LogP contribution in [0.5, 0.6) is 0 Å². The van der Waals surface area contributed by atoms with Crippen LogP contribution in [-0.2, 0) is 14.3 Å². The van der Waals surface area contributed by atoms with Gasteiger partial charge in [0.15, 0.2) is 0 Å². The minimum absolute atomic E-state index is 0.144. The highest BCUT2D eigenvalue weighted by Crippen LogP contribution is 2.15. The van der Waals surface area contributed by atoms with E-state index < -0.39 is 0 Å². The largest absolute Gasteiger partial charge is 0.466 e. The molecule has 0 spiro atoms. The third kappa shape index (κ3) is 13.6. The molecule has 0 aliphatic heterocycles. The van der Waals surface area contributed by atoms with Gasteiger partial charge in [-0.15, -0.1) is 0 Å². The van der Waals surface area contributed by atoms with Crippen molar-refractivity contribution < 1.29 is 14.3 Å². The summed E-state index contributed by atoms with van der Waals surface area (Å²) in [6.07, 6.45) is 14.1. The van der Waals surface area contributed by atoms with Gasteiger partial charge in [0.25, 0.3) is 0 Å². The molecule has 3 heteroatoms. The predicted octanol–water partition coefficient (Wildman–Crippen LogP) is 4.68. The molecular weight excluding hydrogens is 252 g/mol. The van der Waals surface area contributed by atoms with Crippen LogP contribution in [0.2, 0.25) is 0 Å². The molecule has 1 atom stereocenters. The van der Waals surface area contributed by atoms with Crippen molar-refractivity contribution in [2.24, 2.45) is 5.92 Å². The Kier molecular flexibility index (Phi) is 13.9. The fraction of sp³-hybridized carbons (Fsp3) is 0.882. The van der Waals surface area contributed by atoms with E-state index in [2.05, 4.69) is 6.92 Å². The lowest BCUT2D eigenvalue weighted by Crippen LogP contribution is -2.06. The van der Waals surface area contributed by atoms with Crippen LogP contribution >= 0.6 is 0 Å². The quantitative estimate of drug-likeness (QED) is 0.264. The van der Waals surface area contributed by atoms with E-state index in [1.807, 2.05) is 0 Å². The topological polar surface area (TPSA) is 43.4 Å². The fourth-order valence-corrected chi connectivity index (χ4v) is 2.38. The molecule has 0 radical (unpaired) electrons. The zero-order valence-electron chi connectivity index (χ0n) is 13.4. The molecule has 0 fully saturated rings. The molecule has 0 rings (SSSR count). The molecule has 1 unspecified atom stereocenters. The van der Waals surface area contributed by atoms with Crippen LogP contribution in [-0.4, -0.2) is 18.9 Å². The Labute approximate surface area is 124 Å². The number of esters is 1. The summed E-state index contributed by atoms with van der Waals surface area (Å²) in [5, 5.41) is 0. The molecular formula is C17H32O3. The highest BCUT2D eigenvalue weighted by Gasteiger charge is 2.07. The van der Waals surface area contributed by atoms with E-state index in [9.17, 15) is 9.59 Å². The minimum Gasteiger partial charge on any atom is -0.466 e. The molecule has 0 aliphatic carbocycles. The zero-order valence-corrected chi connectivity index (χ0v) is 13.4. The summed E-state index contributed by atoms with van der Waals surface area (Å²) in [7, 11) is 0. The van der Waals surface area contributed by atoms with Crippen LogP contribution in [0.15, 0.2) is 0 Å². The van der Waals surface area contributed by atoms with E-state index in [0.717, 1.165) is 32.0 Å². The van der Waals surface area contributed by atoms with Crippen LogP contribution in [0.25, 0.3) is 0 Å². The van der Waals surface area contributed by atoms with Gasteiger partial charge in [-0.2, -0.15) is 0 Å². The number of unbranched alkanes of at least 4 members (excludes halogenated alkanes) is 7. The maximum Gasteiger partial charge on any atom is 0.302 e. The third-order valence-electron chi connectivity index (χ3n) is 3.65. The van der Waals surface area contributed by atoms with Crippen molar-refractivity contribution >= 4 is 12.3 Å². The van der Waals surface area contributed by atoms with Gasteiger partial charge >= 0.3 is 5.97 Å². The Hall–Kier alpha value is -0.860. The second kappa shape index (κ2) is 14.5. The molecule has 20 heavy (non-hydrogen) atoms. The molecule has 0 N–H and O–H groups in total. The van der Waals surface area contributed by atoms with Gasteiger partial charge < -0.3 is 9.53 Å². The summed E-state index contributed by atoms with van der Waals surface area (Å²) in [5.41, 5.74) is 0. The van der Waals surface area contributed by atoms with Crippen LogP contribution < -0.4 is 0 Å². The van der Waals surface area contributed by atoms with Crippen molar-refractivity contribution in [3.05, 3.63) is 0 Å². The van der Waals surface area contributed by atoms with Crippen molar-refractivity contribution in [2.45, 2.75) is 84.5 Å². The monoisotopic (exact) mass is 284 g/mol. The van der Waals surface area contributed by atoms with Gasteiger partial charge in [0.05, 0.1) is 6.61 Å². The second-order valence-electron chi connectivity index (χ2n) is 5.64. The first-order chi connectivity index (χ1) is 9.70. The standard InChI is InChI=1S/C17H32O3/c1-3-4-5-6-7-8-9-10-12-17(15-18)13-11-14-20-16(2)19/h15,17H,3-14H2,1-2H3. The highest BCUT2D eigenvalue weighted by atomic mass is 16.5. The minimum atomic E-state index is -0.240. The van der Waals surface area contributed by atoms with Gasteiger partial charge in [-0.1, -0.05) is 58.3 Å². The van der Waals surface area contributed by atoms with E-state index in [4.69, 9.17) is 4.74 Å². The highest BCUT2D eigenvalue weighted by molar-refractivity contribution is 5.65. The predicted molar refractivity (Wildman–Crippen MR) is 82.6 cm³/mol. The summed E-state index contributed by atoms with van der Waals surface area (Å²) in [6.45, 7) is 4.09. The number of rotatable bonds is 14. The van der Waals surface area contributed by atoms with Gasteiger partial charge in [-0.05, 0) is 19.3 Å². The first-order valence-electron chi connectivity index (χ1n) is 8.29. The van der Waals surface area contributed by atoms with Crippen molar-refractivity contribution in [2.75, 3.05) is 6.61 Å². The van der Waals surface area contributed by atoms with E-state index in [1.165, 1.54) is 51.9 Å². The molecule has 0 aromatic rings. The Morgan fingerprint density at radius 2 is 1.50 bits per heavy atom. The maximum atomic E-state index is 11.0. The smallest absolute Gasteiger partial charge is 0.302 e.